The number of nitrogen functional groups attached to an aromatic ring is 1. The number of nitrogens with zero attached hydrogens (tertiary/aromatic N) is 1. The summed E-state index contributed by atoms with van der Waals surface area (Å²) in [5, 5.41) is 0. The van der Waals surface area contributed by atoms with Gasteiger partial charge in [0.25, 0.3) is 0 Å². The van der Waals surface area contributed by atoms with Crippen molar-refractivity contribution in [3.05, 3.63) is 24.0 Å². The summed E-state index contributed by atoms with van der Waals surface area (Å²) < 4.78 is 40.0. The number of hydrogen-bond acceptors (Lipinski definition) is 3. The van der Waals surface area contributed by atoms with Crippen LogP contribution in [0.3, 0.4) is 0 Å². The maximum Gasteiger partial charge on any atom is 0.246 e. The predicted molar refractivity (Wildman–Crippen MR) is 72.6 cm³/mol. The Morgan fingerprint density at radius 3 is 2.89 bits per heavy atom. The van der Waals surface area contributed by atoms with Gasteiger partial charge in [-0.15, -0.1) is 0 Å². The van der Waals surface area contributed by atoms with Gasteiger partial charge in [-0.05, 0) is 37.0 Å². The maximum absolute atomic E-state index is 13.7. The first-order valence-corrected chi connectivity index (χ1v) is 7.94. The molecule has 0 radical (unpaired) electrons. The molecule has 106 valence electrons. The van der Waals surface area contributed by atoms with Gasteiger partial charge in [-0.25, -0.2) is 12.8 Å². The molecule has 1 heterocycles. The van der Waals surface area contributed by atoms with Gasteiger partial charge in [-0.1, -0.05) is 13.3 Å². The second kappa shape index (κ2) is 5.46. The lowest BCUT2D eigenvalue weighted by Crippen LogP contribution is -2.40. The van der Waals surface area contributed by atoms with Gasteiger partial charge in [0.05, 0.1) is 0 Å². The largest absolute Gasteiger partial charge is 0.399 e. The quantitative estimate of drug-likeness (QED) is 0.867. The van der Waals surface area contributed by atoms with Crippen molar-refractivity contribution in [3.63, 3.8) is 0 Å². The van der Waals surface area contributed by atoms with Gasteiger partial charge in [0.15, 0.2) is 0 Å². The van der Waals surface area contributed by atoms with Crippen LogP contribution in [0.4, 0.5) is 10.1 Å². The Labute approximate surface area is 113 Å². The topological polar surface area (TPSA) is 63.4 Å². The molecular weight excluding hydrogens is 267 g/mol. The first-order chi connectivity index (χ1) is 8.95. The minimum absolute atomic E-state index is 0.254. The van der Waals surface area contributed by atoms with Crippen LogP contribution in [0, 0.1) is 11.7 Å². The molecular formula is C13H19FN2O2S. The highest BCUT2D eigenvalue weighted by molar-refractivity contribution is 7.89. The molecule has 4 nitrogen and oxygen atoms in total. The van der Waals surface area contributed by atoms with Crippen LogP contribution in [0.2, 0.25) is 0 Å². The van der Waals surface area contributed by atoms with Crippen molar-refractivity contribution < 1.29 is 12.8 Å². The molecule has 0 saturated carbocycles. The van der Waals surface area contributed by atoms with E-state index in [4.69, 9.17) is 5.73 Å². The molecule has 6 heteroatoms. The van der Waals surface area contributed by atoms with Gasteiger partial charge in [-0.2, -0.15) is 4.31 Å². The van der Waals surface area contributed by atoms with Crippen molar-refractivity contribution in [2.24, 2.45) is 5.92 Å². The van der Waals surface area contributed by atoms with Crippen molar-refractivity contribution >= 4 is 15.7 Å². The van der Waals surface area contributed by atoms with Gasteiger partial charge in [0, 0.05) is 18.8 Å². The van der Waals surface area contributed by atoms with Crippen molar-refractivity contribution in [2.45, 2.75) is 31.1 Å². The summed E-state index contributed by atoms with van der Waals surface area (Å²) in [7, 11) is -3.78. The van der Waals surface area contributed by atoms with E-state index in [1.54, 1.807) is 0 Å². The van der Waals surface area contributed by atoms with E-state index >= 15 is 0 Å². The number of anilines is 1. The van der Waals surface area contributed by atoms with Gasteiger partial charge >= 0.3 is 0 Å². The first kappa shape index (κ1) is 14.3. The zero-order chi connectivity index (χ0) is 14.0. The molecule has 1 aromatic carbocycles. The van der Waals surface area contributed by atoms with Gasteiger partial charge in [0.1, 0.15) is 10.7 Å². The summed E-state index contributed by atoms with van der Waals surface area (Å²) in [6.45, 7) is 2.96. The van der Waals surface area contributed by atoms with Crippen molar-refractivity contribution in [3.8, 4) is 0 Å². The lowest BCUT2D eigenvalue weighted by atomic mass is 9.97. The predicted octanol–water partition coefficient (Wildman–Crippen LogP) is 2.22. The van der Waals surface area contributed by atoms with Crippen LogP contribution in [-0.2, 0) is 10.0 Å². The van der Waals surface area contributed by atoms with Crippen LogP contribution in [0.25, 0.3) is 0 Å². The molecule has 0 aromatic heterocycles. The molecule has 1 unspecified atom stereocenters. The van der Waals surface area contributed by atoms with E-state index in [1.807, 2.05) is 6.92 Å². The number of sulfonamides is 1. The number of hydrogen-bond donors (Lipinski definition) is 1. The van der Waals surface area contributed by atoms with E-state index in [1.165, 1.54) is 16.4 Å². The molecule has 19 heavy (non-hydrogen) atoms. The summed E-state index contributed by atoms with van der Waals surface area (Å²) in [4.78, 5) is -0.316. The Bertz CT molecular complexity index is 560. The number of piperidine rings is 1. The minimum Gasteiger partial charge on any atom is -0.399 e. The molecule has 0 bridgehead atoms. The highest BCUT2D eigenvalue weighted by atomic mass is 32.2. The van der Waals surface area contributed by atoms with E-state index in [9.17, 15) is 12.8 Å². The third-order valence-electron chi connectivity index (χ3n) is 3.63. The molecule has 1 aliphatic rings. The number of rotatable bonds is 3. The number of benzene rings is 1. The lowest BCUT2D eigenvalue weighted by molar-refractivity contribution is 0.261. The maximum atomic E-state index is 13.7. The Kier molecular flexibility index (Phi) is 4.10. The van der Waals surface area contributed by atoms with Crippen molar-refractivity contribution in [2.75, 3.05) is 18.8 Å². The lowest BCUT2D eigenvalue weighted by Gasteiger charge is -2.31. The molecule has 1 fully saturated rings. The van der Waals surface area contributed by atoms with Crippen LogP contribution in [0.1, 0.15) is 26.2 Å². The summed E-state index contributed by atoms with van der Waals surface area (Å²) in [6.07, 6.45) is 2.79. The van der Waals surface area contributed by atoms with Gasteiger partial charge in [-0.3, -0.25) is 0 Å². The van der Waals surface area contributed by atoms with E-state index in [0.717, 1.165) is 25.3 Å². The number of nitrogens with two attached hydrogens (primary N) is 1. The first-order valence-electron chi connectivity index (χ1n) is 6.50. The smallest absolute Gasteiger partial charge is 0.246 e. The average molecular weight is 286 g/mol. The van der Waals surface area contributed by atoms with Gasteiger partial charge in [0.2, 0.25) is 10.0 Å². The Morgan fingerprint density at radius 2 is 2.21 bits per heavy atom. The summed E-state index contributed by atoms with van der Waals surface area (Å²) in [5.41, 5.74) is 5.81. The van der Waals surface area contributed by atoms with Gasteiger partial charge < -0.3 is 5.73 Å². The fraction of sp³-hybridized carbons (Fsp3) is 0.538. The van der Waals surface area contributed by atoms with Crippen LogP contribution in [-0.4, -0.2) is 25.8 Å². The highest BCUT2D eigenvalue weighted by Gasteiger charge is 2.31. The Balaban J connectivity index is 2.34. The molecule has 1 aliphatic heterocycles. The monoisotopic (exact) mass is 286 g/mol. The van der Waals surface area contributed by atoms with Crippen LogP contribution >= 0.6 is 0 Å². The van der Waals surface area contributed by atoms with Crippen molar-refractivity contribution in [1.82, 2.24) is 4.31 Å². The van der Waals surface area contributed by atoms with E-state index in [2.05, 4.69) is 0 Å². The number of halogens is 1. The highest BCUT2D eigenvalue weighted by Crippen LogP contribution is 2.27. The zero-order valence-electron chi connectivity index (χ0n) is 11.0. The average Bonchev–Trinajstić information content (AvgIpc) is 2.41. The minimum atomic E-state index is -3.78. The SMILES string of the molecule is CCC1CCCN(S(=O)(=O)c2cc(N)ccc2F)C1. The molecule has 0 spiro atoms. The normalized spacial score (nSPS) is 21.5. The Hall–Kier alpha value is -1.14. The van der Waals surface area contributed by atoms with E-state index < -0.39 is 15.8 Å². The van der Waals surface area contributed by atoms with E-state index in [-0.39, 0.29) is 10.6 Å². The van der Waals surface area contributed by atoms with Crippen LogP contribution in [0.15, 0.2) is 23.1 Å². The van der Waals surface area contributed by atoms with Crippen LogP contribution in [0.5, 0.6) is 0 Å². The molecule has 0 amide bonds. The second-order valence-corrected chi connectivity index (χ2v) is 6.88. The van der Waals surface area contributed by atoms with Crippen LogP contribution < -0.4 is 5.73 Å². The molecule has 0 aliphatic carbocycles. The summed E-state index contributed by atoms with van der Waals surface area (Å²) in [6, 6.07) is 3.66. The van der Waals surface area contributed by atoms with Crippen molar-refractivity contribution in [1.29, 1.82) is 0 Å². The zero-order valence-corrected chi connectivity index (χ0v) is 11.8. The summed E-state index contributed by atoms with van der Waals surface area (Å²) in [5.74, 6) is -0.388. The third kappa shape index (κ3) is 2.90. The molecule has 2 N–H and O–H groups in total. The Morgan fingerprint density at radius 1 is 1.47 bits per heavy atom. The third-order valence-corrected chi connectivity index (χ3v) is 5.51. The fourth-order valence-corrected chi connectivity index (χ4v) is 4.09. The standard InChI is InChI=1S/C13H19FN2O2S/c1-2-10-4-3-7-16(9-10)19(17,18)13-8-11(15)5-6-12(13)14/h5-6,8,10H,2-4,7,9,15H2,1H3. The summed E-state index contributed by atoms with van der Waals surface area (Å²) >= 11 is 0. The molecule has 1 aromatic rings. The second-order valence-electron chi connectivity index (χ2n) is 4.97. The molecule has 1 atom stereocenters. The molecule has 2 rings (SSSR count). The molecule has 1 saturated heterocycles. The fourth-order valence-electron chi connectivity index (χ4n) is 2.44. The van der Waals surface area contributed by atoms with E-state index in [0.29, 0.717) is 19.0 Å².